The number of ether oxygens (including phenoxy) is 3. The van der Waals surface area contributed by atoms with Crippen molar-refractivity contribution in [3.05, 3.63) is 17.5 Å². The lowest BCUT2D eigenvalue weighted by atomic mass is 10.2. The number of aromatic nitrogens is 2. The lowest BCUT2D eigenvalue weighted by Gasteiger charge is -2.23. The molecule has 0 saturated heterocycles. The van der Waals surface area contributed by atoms with Crippen LogP contribution in [0.4, 0.5) is 0 Å². The Bertz CT molecular complexity index is 631. The van der Waals surface area contributed by atoms with Gasteiger partial charge in [0.1, 0.15) is 24.7 Å². The molecule has 1 aromatic heterocycles. The van der Waals surface area contributed by atoms with Gasteiger partial charge in [0.15, 0.2) is 11.5 Å². The molecule has 0 unspecified atom stereocenters. The maximum atomic E-state index is 6.12. The molecule has 1 aliphatic heterocycles. The summed E-state index contributed by atoms with van der Waals surface area (Å²) < 4.78 is 17.1. The molecule has 6 heteroatoms. The number of rotatable bonds is 2. The zero-order valence-corrected chi connectivity index (χ0v) is 11.4. The first-order valence-electron chi connectivity index (χ1n) is 6.06. The number of halogens is 1. The molecule has 0 atom stereocenters. The van der Waals surface area contributed by atoms with E-state index in [1.807, 2.05) is 13.8 Å². The van der Waals surface area contributed by atoms with E-state index in [-0.39, 0.29) is 6.10 Å². The van der Waals surface area contributed by atoms with Gasteiger partial charge in [-0.3, -0.25) is 0 Å². The van der Waals surface area contributed by atoms with Crippen LogP contribution in [0.1, 0.15) is 13.8 Å². The first-order valence-corrected chi connectivity index (χ1v) is 6.44. The molecule has 0 bridgehead atoms. The minimum absolute atomic E-state index is 0.0318. The van der Waals surface area contributed by atoms with Gasteiger partial charge in [-0.1, -0.05) is 11.6 Å². The number of nitrogens with zero attached hydrogens (tertiary/aromatic N) is 2. The molecule has 2 aromatic rings. The van der Waals surface area contributed by atoms with Gasteiger partial charge < -0.3 is 14.2 Å². The third-order valence-corrected chi connectivity index (χ3v) is 2.98. The quantitative estimate of drug-likeness (QED) is 0.792. The van der Waals surface area contributed by atoms with Crippen LogP contribution in [-0.4, -0.2) is 29.3 Å². The maximum Gasteiger partial charge on any atom is 0.204 e. The Hall–Kier alpha value is -1.75. The molecule has 0 N–H and O–H groups in total. The summed E-state index contributed by atoms with van der Waals surface area (Å²) in [5, 5.41) is 1.01. The summed E-state index contributed by atoms with van der Waals surface area (Å²) in [6, 6.07) is 1.80. The number of fused-ring (bicyclic) bond motifs is 3. The topological polar surface area (TPSA) is 53.5 Å². The first-order chi connectivity index (χ1) is 9.16. The Morgan fingerprint density at radius 3 is 2.68 bits per heavy atom. The van der Waals surface area contributed by atoms with Crippen molar-refractivity contribution in [2.45, 2.75) is 20.0 Å². The van der Waals surface area contributed by atoms with E-state index in [2.05, 4.69) is 9.97 Å². The van der Waals surface area contributed by atoms with E-state index in [4.69, 9.17) is 25.8 Å². The Kier molecular flexibility index (Phi) is 3.06. The average molecular weight is 281 g/mol. The van der Waals surface area contributed by atoms with Crippen molar-refractivity contribution in [2.24, 2.45) is 0 Å². The van der Waals surface area contributed by atoms with E-state index < -0.39 is 0 Å². The number of hydrogen-bond acceptors (Lipinski definition) is 5. The molecule has 1 aliphatic rings. The summed E-state index contributed by atoms with van der Waals surface area (Å²) in [5.41, 5.74) is 0.680. The number of benzene rings is 1. The third-order valence-electron chi connectivity index (χ3n) is 2.69. The molecule has 2 heterocycles. The molecule has 0 amide bonds. The highest BCUT2D eigenvalue weighted by atomic mass is 35.5. The van der Waals surface area contributed by atoms with Crippen molar-refractivity contribution < 1.29 is 14.2 Å². The minimum Gasteiger partial charge on any atom is -0.487 e. The highest BCUT2D eigenvalue weighted by molar-refractivity contribution is 6.34. The second-order valence-corrected chi connectivity index (χ2v) is 4.81. The van der Waals surface area contributed by atoms with Crippen LogP contribution in [0.5, 0.6) is 17.2 Å². The van der Waals surface area contributed by atoms with Gasteiger partial charge in [0.2, 0.25) is 5.75 Å². The maximum absolute atomic E-state index is 6.12. The van der Waals surface area contributed by atoms with Crippen molar-refractivity contribution in [1.29, 1.82) is 0 Å². The summed E-state index contributed by atoms with van der Waals surface area (Å²) in [6.45, 7) is 4.86. The van der Waals surface area contributed by atoms with Crippen molar-refractivity contribution >= 4 is 22.5 Å². The van der Waals surface area contributed by atoms with E-state index in [9.17, 15) is 0 Å². The highest BCUT2D eigenvalue weighted by Gasteiger charge is 2.24. The summed E-state index contributed by atoms with van der Waals surface area (Å²) in [5.74, 6) is 1.75. The Morgan fingerprint density at radius 1 is 1.21 bits per heavy atom. The van der Waals surface area contributed by atoms with Crippen molar-refractivity contribution in [3.8, 4) is 17.2 Å². The molecule has 1 aromatic carbocycles. The largest absolute Gasteiger partial charge is 0.487 e. The normalized spacial score (nSPS) is 13.9. The molecule has 19 heavy (non-hydrogen) atoms. The van der Waals surface area contributed by atoms with Crippen LogP contribution in [0.2, 0.25) is 5.15 Å². The van der Waals surface area contributed by atoms with E-state index in [0.29, 0.717) is 46.5 Å². The summed E-state index contributed by atoms with van der Waals surface area (Å²) in [6.07, 6.45) is 1.45. The van der Waals surface area contributed by atoms with Crippen molar-refractivity contribution in [3.63, 3.8) is 0 Å². The first kappa shape index (κ1) is 12.3. The summed E-state index contributed by atoms with van der Waals surface area (Å²) in [7, 11) is 0. The molecule has 0 spiro atoms. The Balaban J connectivity index is 2.28. The van der Waals surface area contributed by atoms with Crippen LogP contribution in [0, 0.1) is 0 Å². The fourth-order valence-corrected chi connectivity index (χ4v) is 2.24. The number of hydrogen-bond donors (Lipinski definition) is 0. The monoisotopic (exact) mass is 280 g/mol. The Morgan fingerprint density at radius 2 is 1.95 bits per heavy atom. The standard InChI is InChI=1S/C13H13ClN2O3/c1-7(2)19-9-5-8-10(13(14)16-6-15-8)12-11(9)17-3-4-18-12/h5-7H,3-4H2,1-2H3. The molecule has 5 nitrogen and oxygen atoms in total. The van der Waals surface area contributed by atoms with Crippen LogP contribution in [-0.2, 0) is 0 Å². The molecule has 0 aliphatic carbocycles. The van der Waals surface area contributed by atoms with Crippen molar-refractivity contribution in [2.75, 3.05) is 13.2 Å². The summed E-state index contributed by atoms with van der Waals surface area (Å²) >= 11 is 6.12. The van der Waals surface area contributed by atoms with Gasteiger partial charge in [-0.15, -0.1) is 0 Å². The van der Waals surface area contributed by atoms with Gasteiger partial charge >= 0.3 is 0 Å². The lowest BCUT2D eigenvalue weighted by molar-refractivity contribution is 0.157. The zero-order valence-electron chi connectivity index (χ0n) is 10.6. The SMILES string of the molecule is CC(C)Oc1cc2ncnc(Cl)c2c2c1OCCO2. The smallest absolute Gasteiger partial charge is 0.204 e. The van der Waals surface area contributed by atoms with Crippen LogP contribution < -0.4 is 14.2 Å². The molecular formula is C13H13ClN2O3. The predicted octanol–water partition coefficient (Wildman–Crippen LogP) is 2.84. The van der Waals surface area contributed by atoms with Gasteiger partial charge in [-0.2, -0.15) is 0 Å². The second kappa shape index (κ2) is 4.74. The van der Waals surface area contributed by atoms with Crippen LogP contribution in [0.15, 0.2) is 12.4 Å². The van der Waals surface area contributed by atoms with Gasteiger partial charge in [0, 0.05) is 6.07 Å². The predicted molar refractivity (Wildman–Crippen MR) is 71.3 cm³/mol. The molecule has 100 valence electrons. The average Bonchev–Trinajstić information content (AvgIpc) is 2.38. The zero-order chi connectivity index (χ0) is 13.4. The second-order valence-electron chi connectivity index (χ2n) is 4.46. The Labute approximate surface area is 115 Å². The van der Waals surface area contributed by atoms with Gasteiger partial charge in [0.05, 0.1) is 17.0 Å². The fourth-order valence-electron chi connectivity index (χ4n) is 2.01. The fraction of sp³-hybridized carbons (Fsp3) is 0.385. The summed E-state index contributed by atoms with van der Waals surface area (Å²) in [4.78, 5) is 8.19. The van der Waals surface area contributed by atoms with Gasteiger partial charge in [-0.05, 0) is 13.8 Å². The third kappa shape index (κ3) is 2.14. The van der Waals surface area contributed by atoms with E-state index in [1.54, 1.807) is 6.07 Å². The van der Waals surface area contributed by atoms with Crippen LogP contribution in [0.3, 0.4) is 0 Å². The van der Waals surface area contributed by atoms with E-state index in [0.717, 1.165) is 0 Å². The molecule has 3 rings (SSSR count). The molecule has 0 fully saturated rings. The molecule has 0 saturated carbocycles. The van der Waals surface area contributed by atoms with E-state index in [1.165, 1.54) is 6.33 Å². The van der Waals surface area contributed by atoms with Gasteiger partial charge in [-0.25, -0.2) is 9.97 Å². The molecule has 0 radical (unpaired) electrons. The minimum atomic E-state index is 0.0318. The highest BCUT2D eigenvalue weighted by Crippen LogP contribution is 2.46. The van der Waals surface area contributed by atoms with Gasteiger partial charge in [0.25, 0.3) is 0 Å². The molecular weight excluding hydrogens is 268 g/mol. The van der Waals surface area contributed by atoms with Crippen molar-refractivity contribution in [1.82, 2.24) is 9.97 Å². The van der Waals surface area contributed by atoms with E-state index >= 15 is 0 Å². The van der Waals surface area contributed by atoms with Crippen LogP contribution >= 0.6 is 11.6 Å². The lowest BCUT2D eigenvalue weighted by Crippen LogP contribution is -2.17. The van der Waals surface area contributed by atoms with Crippen LogP contribution in [0.25, 0.3) is 10.9 Å².